The van der Waals surface area contributed by atoms with Crippen molar-refractivity contribution in [2.75, 3.05) is 11.9 Å². The van der Waals surface area contributed by atoms with Gasteiger partial charge in [-0.2, -0.15) is 13.2 Å². The number of ether oxygens (including phenoxy) is 1. The number of alkyl halides is 3. The van der Waals surface area contributed by atoms with Gasteiger partial charge in [-0.1, -0.05) is 11.6 Å². The molecule has 1 heterocycles. The van der Waals surface area contributed by atoms with Crippen LogP contribution in [0.2, 0.25) is 5.02 Å². The zero-order chi connectivity index (χ0) is 19.2. The number of fused-ring (bicyclic) bond motifs is 1. The van der Waals surface area contributed by atoms with Gasteiger partial charge in [0.15, 0.2) is 11.6 Å². The van der Waals surface area contributed by atoms with Crippen LogP contribution in [0.1, 0.15) is 12.5 Å². The molecule has 138 valence electrons. The Balaban J connectivity index is 1.94. The van der Waals surface area contributed by atoms with E-state index in [1.54, 1.807) is 26.1 Å². The minimum absolute atomic E-state index is 0.0482. The molecule has 26 heavy (non-hydrogen) atoms. The molecule has 0 radical (unpaired) electrons. The van der Waals surface area contributed by atoms with E-state index in [9.17, 15) is 22.4 Å². The fourth-order valence-corrected chi connectivity index (χ4v) is 3.90. The van der Waals surface area contributed by atoms with E-state index >= 15 is 0 Å². The highest BCUT2D eigenvalue weighted by Gasteiger charge is 2.33. The molecular formula is C17H12ClF4NO2S. The summed E-state index contributed by atoms with van der Waals surface area (Å²) in [6, 6.07) is 5.65. The number of hydrogen-bond acceptors (Lipinski definition) is 3. The van der Waals surface area contributed by atoms with E-state index < -0.39 is 28.3 Å². The summed E-state index contributed by atoms with van der Waals surface area (Å²) < 4.78 is 57.6. The highest BCUT2D eigenvalue weighted by atomic mass is 35.5. The van der Waals surface area contributed by atoms with Gasteiger partial charge in [-0.05, 0) is 37.3 Å². The number of amides is 1. The van der Waals surface area contributed by atoms with Gasteiger partial charge >= 0.3 is 6.18 Å². The van der Waals surface area contributed by atoms with Crippen molar-refractivity contribution < 1.29 is 27.1 Å². The number of carbonyl (C=O) groups excluding carboxylic acids is 1. The van der Waals surface area contributed by atoms with Crippen molar-refractivity contribution in [2.45, 2.75) is 23.2 Å². The van der Waals surface area contributed by atoms with Gasteiger partial charge in [-0.15, -0.1) is 11.8 Å². The zero-order valence-electron chi connectivity index (χ0n) is 13.5. The Morgan fingerprint density at radius 2 is 1.92 bits per heavy atom. The number of nitrogens with zero attached hydrogens (tertiary/aromatic N) is 1. The minimum Gasteiger partial charge on any atom is -0.453 e. The van der Waals surface area contributed by atoms with Crippen LogP contribution in [0.15, 0.2) is 35.2 Å². The van der Waals surface area contributed by atoms with Crippen molar-refractivity contribution in [1.82, 2.24) is 0 Å². The molecule has 0 bridgehead atoms. The van der Waals surface area contributed by atoms with Crippen molar-refractivity contribution in [2.24, 2.45) is 0 Å². The standard InChI is InChI=1S/C17H12ClF4NO2S/c1-8-16(24)23(2)13-4-3-10(7-14(13)26-8)25-15-11(18)5-9(6-12(15)19)17(20,21)22/h3-8H,1-2H3. The summed E-state index contributed by atoms with van der Waals surface area (Å²) in [5.74, 6) is -1.55. The maximum Gasteiger partial charge on any atom is 0.416 e. The third-order valence-corrected chi connectivity index (χ3v) is 5.24. The fraction of sp³-hybridized carbons (Fsp3) is 0.235. The third-order valence-electron chi connectivity index (χ3n) is 3.82. The summed E-state index contributed by atoms with van der Waals surface area (Å²) >= 11 is 7.09. The Kier molecular flexibility index (Phi) is 4.83. The second kappa shape index (κ2) is 6.66. The summed E-state index contributed by atoms with van der Waals surface area (Å²) in [5.41, 5.74) is -0.522. The lowest BCUT2D eigenvalue weighted by Crippen LogP contribution is -2.36. The molecule has 2 aromatic carbocycles. The van der Waals surface area contributed by atoms with Crippen LogP contribution in [-0.4, -0.2) is 18.2 Å². The first-order valence-electron chi connectivity index (χ1n) is 7.40. The third kappa shape index (κ3) is 3.48. The molecule has 1 aliphatic heterocycles. The van der Waals surface area contributed by atoms with Crippen molar-refractivity contribution in [3.8, 4) is 11.5 Å². The number of benzene rings is 2. The lowest BCUT2D eigenvalue weighted by molar-refractivity contribution is -0.137. The summed E-state index contributed by atoms with van der Waals surface area (Å²) in [6.45, 7) is 1.76. The van der Waals surface area contributed by atoms with Crippen LogP contribution in [0.3, 0.4) is 0 Å². The van der Waals surface area contributed by atoms with Gasteiger partial charge in [0.1, 0.15) is 5.75 Å². The maximum atomic E-state index is 14.1. The molecule has 0 spiro atoms. The summed E-state index contributed by atoms with van der Waals surface area (Å²) in [5, 5.41) is -0.780. The predicted molar refractivity (Wildman–Crippen MR) is 91.7 cm³/mol. The highest BCUT2D eigenvalue weighted by Crippen LogP contribution is 2.43. The molecule has 9 heteroatoms. The molecule has 1 unspecified atom stereocenters. The minimum atomic E-state index is -4.71. The number of thioether (sulfide) groups is 1. The molecule has 1 aliphatic rings. The smallest absolute Gasteiger partial charge is 0.416 e. The van der Waals surface area contributed by atoms with E-state index in [1.807, 2.05) is 0 Å². The van der Waals surface area contributed by atoms with Crippen LogP contribution in [0.25, 0.3) is 0 Å². The van der Waals surface area contributed by atoms with Crippen LogP contribution in [0.4, 0.5) is 23.2 Å². The molecule has 0 saturated carbocycles. The Bertz CT molecular complexity index is 865. The van der Waals surface area contributed by atoms with Gasteiger partial charge in [-0.25, -0.2) is 4.39 Å². The van der Waals surface area contributed by atoms with Crippen LogP contribution in [0, 0.1) is 5.82 Å². The van der Waals surface area contributed by atoms with E-state index in [2.05, 4.69) is 0 Å². The number of anilines is 1. The molecule has 0 saturated heterocycles. The molecular weight excluding hydrogens is 394 g/mol. The monoisotopic (exact) mass is 405 g/mol. The first kappa shape index (κ1) is 18.8. The molecule has 0 aromatic heterocycles. The zero-order valence-corrected chi connectivity index (χ0v) is 15.1. The molecule has 2 aromatic rings. The lowest BCUT2D eigenvalue weighted by Gasteiger charge is -2.29. The quantitative estimate of drug-likeness (QED) is 0.596. The number of halogens is 5. The maximum absolute atomic E-state index is 14.1. The van der Waals surface area contributed by atoms with Gasteiger partial charge in [0.05, 0.1) is 21.5 Å². The predicted octanol–water partition coefficient (Wildman–Crippen LogP) is 5.75. The largest absolute Gasteiger partial charge is 0.453 e. The first-order valence-corrected chi connectivity index (χ1v) is 8.66. The van der Waals surface area contributed by atoms with Gasteiger partial charge in [-0.3, -0.25) is 4.79 Å². The van der Waals surface area contributed by atoms with Crippen molar-refractivity contribution in [1.29, 1.82) is 0 Å². The molecule has 1 amide bonds. The molecule has 0 fully saturated rings. The highest BCUT2D eigenvalue weighted by molar-refractivity contribution is 8.01. The van der Waals surface area contributed by atoms with Gasteiger partial charge < -0.3 is 9.64 Å². The summed E-state index contributed by atoms with van der Waals surface area (Å²) in [7, 11) is 1.64. The van der Waals surface area contributed by atoms with Gasteiger partial charge in [0.25, 0.3) is 0 Å². The van der Waals surface area contributed by atoms with Crippen LogP contribution < -0.4 is 9.64 Å². The van der Waals surface area contributed by atoms with Crippen LogP contribution in [-0.2, 0) is 11.0 Å². The molecule has 0 N–H and O–H groups in total. The lowest BCUT2D eigenvalue weighted by atomic mass is 10.2. The van der Waals surface area contributed by atoms with Crippen LogP contribution in [0.5, 0.6) is 11.5 Å². The average molecular weight is 406 g/mol. The molecule has 1 atom stereocenters. The Hall–Kier alpha value is -1.93. The molecule has 3 rings (SSSR count). The Labute approximate surface area is 155 Å². The van der Waals surface area contributed by atoms with E-state index in [-0.39, 0.29) is 16.9 Å². The normalized spacial score (nSPS) is 17.3. The average Bonchev–Trinajstić information content (AvgIpc) is 2.55. The van der Waals surface area contributed by atoms with E-state index in [1.165, 1.54) is 22.7 Å². The van der Waals surface area contributed by atoms with E-state index in [4.69, 9.17) is 16.3 Å². The molecule has 0 aliphatic carbocycles. The van der Waals surface area contributed by atoms with E-state index in [0.29, 0.717) is 17.8 Å². The topological polar surface area (TPSA) is 29.5 Å². The molecule has 3 nitrogen and oxygen atoms in total. The second-order valence-corrected chi connectivity index (χ2v) is 7.45. The van der Waals surface area contributed by atoms with Gasteiger partial charge in [0.2, 0.25) is 5.91 Å². The van der Waals surface area contributed by atoms with Crippen LogP contribution >= 0.6 is 23.4 Å². The Morgan fingerprint density at radius 1 is 1.23 bits per heavy atom. The van der Waals surface area contributed by atoms with E-state index in [0.717, 1.165) is 4.90 Å². The fourth-order valence-electron chi connectivity index (χ4n) is 2.50. The number of hydrogen-bond donors (Lipinski definition) is 0. The SMILES string of the molecule is CC1Sc2cc(Oc3c(F)cc(C(F)(F)F)cc3Cl)ccc2N(C)C1=O. The van der Waals surface area contributed by atoms with Crippen molar-refractivity contribution in [3.05, 3.63) is 46.7 Å². The van der Waals surface area contributed by atoms with Gasteiger partial charge in [0, 0.05) is 11.9 Å². The van der Waals surface area contributed by atoms with Crippen molar-refractivity contribution in [3.63, 3.8) is 0 Å². The number of rotatable bonds is 2. The van der Waals surface area contributed by atoms with Crippen molar-refractivity contribution >= 4 is 35.0 Å². The Morgan fingerprint density at radius 3 is 2.54 bits per heavy atom. The first-order chi connectivity index (χ1) is 12.1. The number of carbonyl (C=O) groups is 1. The summed E-state index contributed by atoms with van der Waals surface area (Å²) in [6.07, 6.45) is -4.71. The second-order valence-electron chi connectivity index (χ2n) is 5.66. The summed E-state index contributed by atoms with van der Waals surface area (Å²) in [4.78, 5) is 14.2.